The molecule has 0 aliphatic carbocycles. The van der Waals surface area contributed by atoms with E-state index >= 15 is 0 Å². The number of para-hydroxylation sites is 2. The molecular formula is C26H27N3O2. The van der Waals surface area contributed by atoms with Gasteiger partial charge in [-0.15, -0.1) is 0 Å². The maximum atomic E-state index is 13.1. The summed E-state index contributed by atoms with van der Waals surface area (Å²) in [5, 5.41) is 6.24. The Morgan fingerprint density at radius 1 is 1.00 bits per heavy atom. The molecule has 0 saturated carbocycles. The van der Waals surface area contributed by atoms with Gasteiger partial charge in [0.15, 0.2) is 0 Å². The highest BCUT2D eigenvalue weighted by atomic mass is 16.2. The summed E-state index contributed by atoms with van der Waals surface area (Å²) in [6.45, 7) is 4.15. The zero-order valence-corrected chi connectivity index (χ0v) is 17.8. The van der Waals surface area contributed by atoms with E-state index in [1.54, 1.807) is 4.90 Å². The maximum Gasteiger partial charge on any atom is 0.241 e. The Hall–Kier alpha value is -3.44. The molecule has 0 bridgehead atoms. The topological polar surface area (TPSA) is 61.4 Å². The van der Waals surface area contributed by atoms with Crippen LogP contribution in [0.2, 0.25) is 0 Å². The number of benzene rings is 3. The maximum absolute atomic E-state index is 13.1. The van der Waals surface area contributed by atoms with Gasteiger partial charge in [0.2, 0.25) is 11.8 Å². The van der Waals surface area contributed by atoms with Crippen LogP contribution in [0.3, 0.4) is 0 Å². The van der Waals surface area contributed by atoms with E-state index in [9.17, 15) is 9.59 Å². The molecule has 2 N–H and O–H groups in total. The third-order valence-electron chi connectivity index (χ3n) is 5.71. The summed E-state index contributed by atoms with van der Waals surface area (Å²) < 4.78 is 0. The second kappa shape index (κ2) is 9.14. The second-order valence-corrected chi connectivity index (χ2v) is 7.97. The van der Waals surface area contributed by atoms with E-state index in [1.807, 2.05) is 49.4 Å². The van der Waals surface area contributed by atoms with Crippen LogP contribution < -0.4 is 15.5 Å². The van der Waals surface area contributed by atoms with Crippen molar-refractivity contribution in [3.8, 4) is 11.1 Å². The zero-order valence-electron chi connectivity index (χ0n) is 17.8. The van der Waals surface area contributed by atoms with Gasteiger partial charge in [-0.1, -0.05) is 66.7 Å². The molecule has 5 nitrogen and oxygen atoms in total. The van der Waals surface area contributed by atoms with Crippen molar-refractivity contribution >= 4 is 23.2 Å². The standard InChI is InChI=1S/C26H27N3O2/c1-18-16-25(30)28-23-10-6-7-11-24(23)29(18)26(31)17-27-19(2)20-12-14-22(15-13-20)21-8-4-3-5-9-21/h3-15,18-19,27H,16-17H2,1-2H3,(H,28,30)/t18-,19-/m0/s1. The van der Waals surface area contributed by atoms with Crippen LogP contribution in [0.5, 0.6) is 0 Å². The summed E-state index contributed by atoms with van der Waals surface area (Å²) >= 11 is 0. The van der Waals surface area contributed by atoms with Crippen molar-refractivity contribution < 1.29 is 9.59 Å². The average Bonchev–Trinajstić information content (AvgIpc) is 2.92. The van der Waals surface area contributed by atoms with Crippen LogP contribution in [0, 0.1) is 0 Å². The van der Waals surface area contributed by atoms with Gasteiger partial charge in [-0.05, 0) is 42.7 Å². The predicted octanol–water partition coefficient (Wildman–Crippen LogP) is 4.77. The Morgan fingerprint density at radius 3 is 2.39 bits per heavy atom. The second-order valence-electron chi connectivity index (χ2n) is 7.97. The molecule has 2 atom stereocenters. The molecule has 2 amide bonds. The van der Waals surface area contributed by atoms with Crippen LogP contribution in [0.1, 0.15) is 31.9 Å². The lowest BCUT2D eigenvalue weighted by atomic mass is 10.0. The molecule has 0 spiro atoms. The molecule has 31 heavy (non-hydrogen) atoms. The average molecular weight is 414 g/mol. The molecule has 3 aromatic rings. The number of nitrogens with one attached hydrogen (secondary N) is 2. The van der Waals surface area contributed by atoms with Gasteiger partial charge in [0.1, 0.15) is 0 Å². The van der Waals surface area contributed by atoms with E-state index in [2.05, 4.69) is 54.0 Å². The van der Waals surface area contributed by atoms with Gasteiger partial charge in [0.25, 0.3) is 0 Å². The fraction of sp³-hybridized carbons (Fsp3) is 0.231. The lowest BCUT2D eigenvalue weighted by Gasteiger charge is -2.28. The molecule has 5 heteroatoms. The van der Waals surface area contributed by atoms with Gasteiger partial charge in [0.05, 0.1) is 17.9 Å². The van der Waals surface area contributed by atoms with E-state index < -0.39 is 0 Å². The minimum Gasteiger partial charge on any atom is -0.324 e. The molecule has 0 saturated heterocycles. The van der Waals surface area contributed by atoms with E-state index in [0.29, 0.717) is 5.69 Å². The molecule has 1 aliphatic rings. The first kappa shape index (κ1) is 20.8. The highest BCUT2D eigenvalue weighted by Crippen LogP contribution is 2.31. The van der Waals surface area contributed by atoms with E-state index in [0.717, 1.165) is 11.3 Å². The third kappa shape index (κ3) is 4.67. The minimum absolute atomic E-state index is 0.0195. The van der Waals surface area contributed by atoms with Crippen molar-refractivity contribution in [1.29, 1.82) is 0 Å². The summed E-state index contributed by atoms with van der Waals surface area (Å²) in [4.78, 5) is 27.0. The zero-order chi connectivity index (χ0) is 21.8. The number of hydrogen-bond donors (Lipinski definition) is 2. The van der Waals surface area contributed by atoms with Gasteiger partial charge in [-0.25, -0.2) is 0 Å². The fourth-order valence-electron chi connectivity index (χ4n) is 4.01. The monoisotopic (exact) mass is 413 g/mol. The van der Waals surface area contributed by atoms with Crippen LogP contribution in [-0.4, -0.2) is 24.4 Å². The van der Waals surface area contributed by atoms with Gasteiger partial charge < -0.3 is 15.5 Å². The smallest absolute Gasteiger partial charge is 0.241 e. The highest BCUT2D eigenvalue weighted by molar-refractivity contribution is 6.04. The molecule has 0 fully saturated rings. The van der Waals surface area contributed by atoms with Crippen LogP contribution >= 0.6 is 0 Å². The Kier molecular flexibility index (Phi) is 6.14. The van der Waals surface area contributed by atoms with Crippen molar-refractivity contribution in [2.45, 2.75) is 32.4 Å². The summed E-state index contributed by atoms with van der Waals surface area (Å²) in [5.41, 5.74) is 4.89. The quantitative estimate of drug-likeness (QED) is 0.633. The first-order chi connectivity index (χ1) is 15.0. The number of carbonyl (C=O) groups is 2. The molecule has 0 unspecified atom stereocenters. The number of rotatable bonds is 5. The normalized spacial score (nSPS) is 16.8. The molecule has 1 aliphatic heterocycles. The number of hydrogen-bond acceptors (Lipinski definition) is 3. The van der Waals surface area contributed by atoms with Crippen molar-refractivity contribution in [2.24, 2.45) is 0 Å². The number of carbonyl (C=O) groups excluding carboxylic acids is 2. The Balaban J connectivity index is 1.44. The third-order valence-corrected chi connectivity index (χ3v) is 5.71. The summed E-state index contributed by atoms with van der Waals surface area (Å²) in [6, 6.07) is 25.9. The van der Waals surface area contributed by atoms with Crippen LogP contribution in [0.15, 0.2) is 78.9 Å². The molecule has 3 aromatic carbocycles. The summed E-state index contributed by atoms with van der Waals surface area (Å²) in [6.07, 6.45) is 0.275. The van der Waals surface area contributed by atoms with Crippen molar-refractivity contribution in [3.63, 3.8) is 0 Å². The largest absolute Gasteiger partial charge is 0.324 e. The molecule has 1 heterocycles. The summed E-state index contributed by atoms with van der Waals surface area (Å²) in [5.74, 6) is -0.126. The van der Waals surface area contributed by atoms with Crippen molar-refractivity contribution in [1.82, 2.24) is 5.32 Å². The van der Waals surface area contributed by atoms with E-state index in [1.165, 1.54) is 11.1 Å². The highest BCUT2D eigenvalue weighted by Gasteiger charge is 2.29. The van der Waals surface area contributed by atoms with Gasteiger partial charge >= 0.3 is 0 Å². The molecule has 158 valence electrons. The van der Waals surface area contributed by atoms with Crippen molar-refractivity contribution in [3.05, 3.63) is 84.4 Å². The Labute approximate surface area is 183 Å². The molecule has 4 rings (SSSR count). The predicted molar refractivity (Wildman–Crippen MR) is 125 cm³/mol. The van der Waals surface area contributed by atoms with Crippen LogP contribution in [0.25, 0.3) is 11.1 Å². The van der Waals surface area contributed by atoms with E-state index in [-0.39, 0.29) is 36.9 Å². The van der Waals surface area contributed by atoms with E-state index in [4.69, 9.17) is 0 Å². The Bertz CT molecular complexity index is 1060. The number of amides is 2. The van der Waals surface area contributed by atoms with Crippen molar-refractivity contribution in [2.75, 3.05) is 16.8 Å². The fourth-order valence-corrected chi connectivity index (χ4v) is 4.01. The van der Waals surface area contributed by atoms with Crippen LogP contribution in [0.4, 0.5) is 11.4 Å². The number of fused-ring (bicyclic) bond motifs is 1. The first-order valence-electron chi connectivity index (χ1n) is 10.6. The Morgan fingerprint density at radius 2 is 1.65 bits per heavy atom. The lowest BCUT2D eigenvalue weighted by molar-refractivity contribution is -0.118. The molecule has 0 aromatic heterocycles. The van der Waals surface area contributed by atoms with Gasteiger partial charge in [-0.2, -0.15) is 0 Å². The van der Waals surface area contributed by atoms with Gasteiger partial charge in [0, 0.05) is 18.5 Å². The number of nitrogens with zero attached hydrogens (tertiary/aromatic N) is 1. The summed E-state index contributed by atoms with van der Waals surface area (Å²) in [7, 11) is 0. The van der Waals surface area contributed by atoms with Crippen LogP contribution in [-0.2, 0) is 9.59 Å². The minimum atomic E-state index is -0.210. The number of anilines is 2. The lowest BCUT2D eigenvalue weighted by Crippen LogP contribution is -2.44. The molecule has 0 radical (unpaired) electrons. The first-order valence-corrected chi connectivity index (χ1v) is 10.6. The SMILES string of the molecule is C[C@H](NCC(=O)N1c2ccccc2NC(=O)C[C@@H]1C)c1ccc(-c2ccccc2)cc1. The molecular weight excluding hydrogens is 386 g/mol. The van der Waals surface area contributed by atoms with Gasteiger partial charge in [-0.3, -0.25) is 9.59 Å².